The average molecular weight is 206 g/mol. The van der Waals surface area contributed by atoms with Crippen molar-refractivity contribution in [1.29, 1.82) is 0 Å². The molecule has 0 bridgehead atoms. The first-order valence-electron chi connectivity index (χ1n) is 5.64. The number of hydrogen-bond donors (Lipinski definition) is 2. The van der Waals surface area contributed by atoms with E-state index in [9.17, 15) is 5.11 Å². The molecule has 15 heavy (non-hydrogen) atoms. The molecule has 2 rings (SSSR count). The summed E-state index contributed by atoms with van der Waals surface area (Å²) in [5.41, 5.74) is 1.25. The van der Waals surface area contributed by atoms with Crippen molar-refractivity contribution in [3.05, 3.63) is 30.1 Å². The van der Waals surface area contributed by atoms with Gasteiger partial charge in [-0.2, -0.15) is 0 Å². The third-order valence-corrected chi connectivity index (χ3v) is 3.10. The normalized spacial score (nSPS) is 25.7. The van der Waals surface area contributed by atoms with Crippen molar-refractivity contribution in [2.24, 2.45) is 5.92 Å². The number of nitrogens with zero attached hydrogens (tertiary/aromatic N) is 1. The number of aliphatic hydroxyl groups is 1. The first kappa shape index (κ1) is 10.6. The molecule has 0 amide bonds. The molecular weight excluding hydrogens is 188 g/mol. The van der Waals surface area contributed by atoms with Crippen LogP contribution < -0.4 is 5.32 Å². The van der Waals surface area contributed by atoms with Crippen LogP contribution in [-0.2, 0) is 6.54 Å². The molecule has 2 N–H and O–H groups in total. The minimum absolute atomic E-state index is 0.0880. The summed E-state index contributed by atoms with van der Waals surface area (Å²) in [4.78, 5) is 3.98. The molecule has 1 aliphatic rings. The molecule has 2 atom stereocenters. The van der Waals surface area contributed by atoms with Crippen molar-refractivity contribution in [2.75, 3.05) is 6.54 Å². The van der Waals surface area contributed by atoms with Crippen LogP contribution in [0, 0.1) is 5.92 Å². The molecular formula is C12H18N2O. The van der Waals surface area contributed by atoms with E-state index < -0.39 is 0 Å². The smallest absolute Gasteiger partial charge is 0.0580 e. The van der Waals surface area contributed by atoms with Crippen LogP contribution in [0.2, 0.25) is 0 Å². The van der Waals surface area contributed by atoms with E-state index in [-0.39, 0.29) is 6.10 Å². The van der Waals surface area contributed by atoms with Crippen molar-refractivity contribution in [1.82, 2.24) is 10.3 Å². The SMILES string of the molecule is OC1CCCC1CNCc1ccncc1. The number of aromatic nitrogens is 1. The molecule has 0 aromatic carbocycles. The molecule has 1 fully saturated rings. The van der Waals surface area contributed by atoms with Crippen LogP contribution in [0.15, 0.2) is 24.5 Å². The second kappa shape index (κ2) is 5.24. The van der Waals surface area contributed by atoms with Crippen LogP contribution in [0.3, 0.4) is 0 Å². The van der Waals surface area contributed by atoms with Gasteiger partial charge in [-0.25, -0.2) is 0 Å². The van der Waals surface area contributed by atoms with Gasteiger partial charge in [-0.1, -0.05) is 6.42 Å². The molecule has 1 heterocycles. The Kier molecular flexibility index (Phi) is 3.69. The first-order valence-corrected chi connectivity index (χ1v) is 5.64. The summed E-state index contributed by atoms with van der Waals surface area (Å²) in [6.45, 7) is 1.79. The molecule has 82 valence electrons. The lowest BCUT2D eigenvalue weighted by atomic mass is 10.1. The third-order valence-electron chi connectivity index (χ3n) is 3.10. The van der Waals surface area contributed by atoms with Crippen molar-refractivity contribution in [3.8, 4) is 0 Å². The molecule has 2 unspecified atom stereocenters. The predicted molar refractivity (Wildman–Crippen MR) is 59.3 cm³/mol. The van der Waals surface area contributed by atoms with Crippen LogP contribution in [-0.4, -0.2) is 22.7 Å². The minimum atomic E-state index is -0.0880. The molecule has 0 spiro atoms. The number of rotatable bonds is 4. The molecule has 0 aliphatic heterocycles. The van der Waals surface area contributed by atoms with E-state index >= 15 is 0 Å². The van der Waals surface area contributed by atoms with E-state index in [1.165, 1.54) is 12.0 Å². The van der Waals surface area contributed by atoms with Gasteiger partial charge < -0.3 is 10.4 Å². The third kappa shape index (κ3) is 3.01. The Labute approximate surface area is 90.5 Å². The predicted octanol–water partition coefficient (Wildman–Crippen LogP) is 1.33. The number of aliphatic hydroxyl groups excluding tert-OH is 1. The highest BCUT2D eigenvalue weighted by Crippen LogP contribution is 2.24. The van der Waals surface area contributed by atoms with E-state index in [4.69, 9.17) is 0 Å². The maximum Gasteiger partial charge on any atom is 0.0580 e. The Morgan fingerprint density at radius 2 is 2.13 bits per heavy atom. The fraction of sp³-hybridized carbons (Fsp3) is 0.583. The molecule has 3 nitrogen and oxygen atoms in total. The number of hydrogen-bond acceptors (Lipinski definition) is 3. The van der Waals surface area contributed by atoms with Gasteiger partial charge in [0.25, 0.3) is 0 Å². The van der Waals surface area contributed by atoms with Crippen molar-refractivity contribution < 1.29 is 5.11 Å². The van der Waals surface area contributed by atoms with E-state index in [2.05, 4.69) is 10.3 Å². The Hall–Kier alpha value is -0.930. The highest BCUT2D eigenvalue weighted by molar-refractivity contribution is 5.08. The van der Waals surface area contributed by atoms with Gasteiger partial charge in [0, 0.05) is 25.5 Å². The van der Waals surface area contributed by atoms with Crippen LogP contribution in [0.1, 0.15) is 24.8 Å². The first-order chi connectivity index (χ1) is 7.36. The zero-order valence-electron chi connectivity index (χ0n) is 8.89. The van der Waals surface area contributed by atoms with Gasteiger partial charge in [-0.15, -0.1) is 0 Å². The second-order valence-corrected chi connectivity index (χ2v) is 4.24. The van der Waals surface area contributed by atoms with Gasteiger partial charge in [-0.05, 0) is 36.5 Å². The number of pyridine rings is 1. The quantitative estimate of drug-likeness (QED) is 0.781. The maximum absolute atomic E-state index is 9.64. The Morgan fingerprint density at radius 3 is 2.80 bits per heavy atom. The molecule has 1 aromatic heterocycles. The van der Waals surface area contributed by atoms with Crippen LogP contribution >= 0.6 is 0 Å². The van der Waals surface area contributed by atoms with Crippen LogP contribution in [0.4, 0.5) is 0 Å². The monoisotopic (exact) mass is 206 g/mol. The molecule has 3 heteroatoms. The number of nitrogens with one attached hydrogen (secondary N) is 1. The Balaban J connectivity index is 1.71. The summed E-state index contributed by atoms with van der Waals surface area (Å²) < 4.78 is 0. The van der Waals surface area contributed by atoms with E-state index in [1.807, 2.05) is 12.1 Å². The van der Waals surface area contributed by atoms with E-state index in [0.29, 0.717) is 5.92 Å². The highest BCUT2D eigenvalue weighted by Gasteiger charge is 2.24. The standard InChI is InChI=1S/C12H18N2O/c15-12-3-1-2-11(12)9-14-8-10-4-6-13-7-5-10/h4-7,11-12,14-15H,1-3,8-9H2. The summed E-state index contributed by atoms with van der Waals surface area (Å²) in [6.07, 6.45) is 6.83. The van der Waals surface area contributed by atoms with E-state index in [0.717, 1.165) is 25.9 Å². The van der Waals surface area contributed by atoms with Gasteiger partial charge in [0.1, 0.15) is 0 Å². The summed E-state index contributed by atoms with van der Waals surface area (Å²) in [5.74, 6) is 0.451. The lowest BCUT2D eigenvalue weighted by Crippen LogP contribution is -2.27. The molecule has 1 saturated carbocycles. The fourth-order valence-electron chi connectivity index (χ4n) is 2.16. The van der Waals surface area contributed by atoms with Gasteiger partial charge in [-0.3, -0.25) is 4.98 Å². The van der Waals surface area contributed by atoms with E-state index in [1.54, 1.807) is 12.4 Å². The Bertz CT molecular complexity index is 289. The molecule has 1 aromatic rings. The lowest BCUT2D eigenvalue weighted by molar-refractivity contribution is 0.131. The zero-order valence-corrected chi connectivity index (χ0v) is 8.89. The molecule has 1 aliphatic carbocycles. The topological polar surface area (TPSA) is 45.1 Å². The summed E-state index contributed by atoms with van der Waals surface area (Å²) in [7, 11) is 0. The van der Waals surface area contributed by atoms with Gasteiger partial charge >= 0.3 is 0 Å². The average Bonchev–Trinajstić information content (AvgIpc) is 2.66. The van der Waals surface area contributed by atoms with Gasteiger partial charge in [0.05, 0.1) is 6.10 Å². The summed E-state index contributed by atoms with van der Waals surface area (Å²) in [6, 6.07) is 4.02. The Morgan fingerprint density at radius 1 is 1.33 bits per heavy atom. The maximum atomic E-state index is 9.64. The van der Waals surface area contributed by atoms with Crippen molar-refractivity contribution in [2.45, 2.75) is 31.9 Å². The van der Waals surface area contributed by atoms with Crippen molar-refractivity contribution >= 4 is 0 Å². The second-order valence-electron chi connectivity index (χ2n) is 4.24. The highest BCUT2D eigenvalue weighted by atomic mass is 16.3. The molecule has 0 saturated heterocycles. The largest absolute Gasteiger partial charge is 0.393 e. The fourth-order valence-corrected chi connectivity index (χ4v) is 2.16. The minimum Gasteiger partial charge on any atom is -0.393 e. The lowest BCUT2D eigenvalue weighted by Gasteiger charge is -2.14. The summed E-state index contributed by atoms with van der Waals surface area (Å²) in [5, 5.41) is 13.0. The van der Waals surface area contributed by atoms with Gasteiger partial charge in [0.15, 0.2) is 0 Å². The summed E-state index contributed by atoms with van der Waals surface area (Å²) >= 11 is 0. The van der Waals surface area contributed by atoms with Crippen LogP contribution in [0.5, 0.6) is 0 Å². The van der Waals surface area contributed by atoms with Crippen molar-refractivity contribution in [3.63, 3.8) is 0 Å². The zero-order chi connectivity index (χ0) is 10.5. The van der Waals surface area contributed by atoms with Crippen LogP contribution in [0.25, 0.3) is 0 Å². The molecule has 0 radical (unpaired) electrons. The van der Waals surface area contributed by atoms with Gasteiger partial charge in [0.2, 0.25) is 0 Å².